The summed E-state index contributed by atoms with van der Waals surface area (Å²) in [6.45, 7) is 0. The number of hydrogen-bond acceptors (Lipinski definition) is 3. The van der Waals surface area contributed by atoms with Crippen LogP contribution in [0.5, 0.6) is 0 Å². The minimum atomic E-state index is -0.124. The zero-order chi connectivity index (χ0) is 9.10. The normalized spacial score (nSPS) is 9.85. The summed E-state index contributed by atoms with van der Waals surface area (Å²) in [6, 6.07) is 3.32. The van der Waals surface area contributed by atoms with Gasteiger partial charge in [-0.1, -0.05) is 0 Å². The SMILES string of the molecule is O=c1cc(-c2cncnc2)cc[nH]1. The van der Waals surface area contributed by atoms with Gasteiger partial charge in [-0.15, -0.1) is 0 Å². The topological polar surface area (TPSA) is 58.6 Å². The second-order valence-corrected chi connectivity index (χ2v) is 2.57. The predicted molar refractivity (Wildman–Crippen MR) is 48.1 cm³/mol. The van der Waals surface area contributed by atoms with Gasteiger partial charge in [0.1, 0.15) is 6.33 Å². The number of aromatic nitrogens is 3. The molecule has 0 fully saturated rings. The van der Waals surface area contributed by atoms with Crippen LogP contribution in [0.25, 0.3) is 11.1 Å². The third-order valence-electron chi connectivity index (χ3n) is 1.67. The maximum atomic E-state index is 11.0. The van der Waals surface area contributed by atoms with Gasteiger partial charge in [0.05, 0.1) is 0 Å². The highest BCUT2D eigenvalue weighted by Crippen LogP contribution is 2.12. The Bertz CT molecular complexity index is 450. The molecule has 0 spiro atoms. The Morgan fingerprint density at radius 2 is 1.92 bits per heavy atom. The van der Waals surface area contributed by atoms with E-state index in [1.807, 2.05) is 0 Å². The number of rotatable bonds is 1. The average molecular weight is 173 g/mol. The molecule has 0 aliphatic rings. The first-order valence-electron chi connectivity index (χ1n) is 3.80. The highest BCUT2D eigenvalue weighted by Gasteiger charge is 1.96. The summed E-state index contributed by atoms with van der Waals surface area (Å²) in [7, 11) is 0. The monoisotopic (exact) mass is 173 g/mol. The van der Waals surface area contributed by atoms with Crippen LogP contribution >= 0.6 is 0 Å². The van der Waals surface area contributed by atoms with Crippen LogP contribution in [0.4, 0.5) is 0 Å². The van der Waals surface area contributed by atoms with Gasteiger partial charge in [0.15, 0.2) is 0 Å². The van der Waals surface area contributed by atoms with Crippen molar-refractivity contribution in [3.05, 3.63) is 47.4 Å². The van der Waals surface area contributed by atoms with E-state index in [1.165, 1.54) is 12.4 Å². The number of nitrogens with zero attached hydrogens (tertiary/aromatic N) is 2. The Balaban J connectivity index is 2.54. The fourth-order valence-electron chi connectivity index (χ4n) is 1.07. The Morgan fingerprint density at radius 3 is 2.62 bits per heavy atom. The molecule has 0 saturated heterocycles. The zero-order valence-corrected chi connectivity index (χ0v) is 6.77. The summed E-state index contributed by atoms with van der Waals surface area (Å²) in [6.07, 6.45) is 6.39. The summed E-state index contributed by atoms with van der Waals surface area (Å²) >= 11 is 0. The number of pyridine rings is 1. The van der Waals surface area contributed by atoms with Crippen molar-refractivity contribution in [2.24, 2.45) is 0 Å². The van der Waals surface area contributed by atoms with Crippen LogP contribution in [-0.2, 0) is 0 Å². The van der Waals surface area contributed by atoms with Crippen molar-refractivity contribution in [2.75, 3.05) is 0 Å². The first-order valence-corrected chi connectivity index (χ1v) is 3.80. The van der Waals surface area contributed by atoms with Crippen LogP contribution in [0, 0.1) is 0 Å². The quantitative estimate of drug-likeness (QED) is 0.694. The Hall–Kier alpha value is -1.97. The maximum absolute atomic E-state index is 11.0. The second kappa shape index (κ2) is 3.18. The zero-order valence-electron chi connectivity index (χ0n) is 6.77. The smallest absolute Gasteiger partial charge is 0.248 e. The van der Waals surface area contributed by atoms with Crippen LogP contribution < -0.4 is 5.56 Å². The van der Waals surface area contributed by atoms with E-state index in [-0.39, 0.29) is 5.56 Å². The van der Waals surface area contributed by atoms with Crippen LogP contribution in [0.1, 0.15) is 0 Å². The lowest BCUT2D eigenvalue weighted by atomic mass is 10.1. The van der Waals surface area contributed by atoms with Crippen molar-refractivity contribution in [2.45, 2.75) is 0 Å². The molecular formula is C9H7N3O. The van der Waals surface area contributed by atoms with Crippen molar-refractivity contribution >= 4 is 0 Å². The van der Waals surface area contributed by atoms with E-state index in [4.69, 9.17) is 0 Å². The van der Waals surface area contributed by atoms with E-state index in [1.54, 1.807) is 24.7 Å². The van der Waals surface area contributed by atoms with Crippen molar-refractivity contribution in [3.63, 3.8) is 0 Å². The van der Waals surface area contributed by atoms with Crippen molar-refractivity contribution < 1.29 is 0 Å². The predicted octanol–water partition coefficient (Wildman–Crippen LogP) is 0.832. The fourth-order valence-corrected chi connectivity index (χ4v) is 1.07. The van der Waals surface area contributed by atoms with E-state index in [2.05, 4.69) is 15.0 Å². The number of nitrogens with one attached hydrogen (secondary N) is 1. The van der Waals surface area contributed by atoms with E-state index in [0.717, 1.165) is 11.1 Å². The molecule has 1 N–H and O–H groups in total. The molecule has 0 unspecified atom stereocenters. The molecule has 2 rings (SSSR count). The van der Waals surface area contributed by atoms with Gasteiger partial charge in [-0.25, -0.2) is 9.97 Å². The first kappa shape index (κ1) is 7.67. The van der Waals surface area contributed by atoms with Crippen LogP contribution in [0.2, 0.25) is 0 Å². The molecule has 0 aromatic carbocycles. The molecule has 2 aromatic heterocycles. The molecule has 13 heavy (non-hydrogen) atoms. The van der Waals surface area contributed by atoms with Crippen LogP contribution in [0.3, 0.4) is 0 Å². The third kappa shape index (κ3) is 1.61. The number of H-pyrrole nitrogens is 1. The van der Waals surface area contributed by atoms with Crippen molar-refractivity contribution in [1.29, 1.82) is 0 Å². The molecule has 0 bridgehead atoms. The van der Waals surface area contributed by atoms with E-state index in [0.29, 0.717) is 0 Å². The second-order valence-electron chi connectivity index (χ2n) is 2.57. The first-order chi connectivity index (χ1) is 6.36. The van der Waals surface area contributed by atoms with Crippen LogP contribution in [0.15, 0.2) is 41.8 Å². The largest absolute Gasteiger partial charge is 0.329 e. The van der Waals surface area contributed by atoms with E-state index in [9.17, 15) is 4.79 Å². The maximum Gasteiger partial charge on any atom is 0.248 e. The van der Waals surface area contributed by atoms with Gasteiger partial charge < -0.3 is 4.98 Å². The lowest BCUT2D eigenvalue weighted by Gasteiger charge is -1.96. The fraction of sp³-hybridized carbons (Fsp3) is 0. The van der Waals surface area contributed by atoms with Crippen LogP contribution in [-0.4, -0.2) is 15.0 Å². The van der Waals surface area contributed by atoms with E-state index < -0.39 is 0 Å². The molecule has 0 aliphatic heterocycles. The number of aromatic amines is 1. The third-order valence-corrected chi connectivity index (χ3v) is 1.67. The molecule has 0 amide bonds. The summed E-state index contributed by atoms with van der Waals surface area (Å²) in [4.78, 5) is 21.2. The average Bonchev–Trinajstić information content (AvgIpc) is 2.19. The van der Waals surface area contributed by atoms with Gasteiger partial charge in [0, 0.05) is 30.2 Å². The molecule has 0 atom stereocenters. The molecule has 2 aromatic rings. The van der Waals surface area contributed by atoms with Crippen molar-refractivity contribution in [1.82, 2.24) is 15.0 Å². The summed E-state index contributed by atoms with van der Waals surface area (Å²) in [5.41, 5.74) is 1.54. The lowest BCUT2D eigenvalue weighted by Crippen LogP contribution is -2.02. The van der Waals surface area contributed by atoms with Crippen molar-refractivity contribution in [3.8, 4) is 11.1 Å². The Labute approximate surface area is 74.3 Å². The Kier molecular flexibility index (Phi) is 1.88. The summed E-state index contributed by atoms with van der Waals surface area (Å²) in [5.74, 6) is 0. The van der Waals surface area contributed by atoms with E-state index >= 15 is 0 Å². The molecule has 4 nitrogen and oxygen atoms in total. The van der Waals surface area contributed by atoms with Gasteiger partial charge in [-0.05, 0) is 11.6 Å². The minimum absolute atomic E-state index is 0.124. The molecular weight excluding hydrogens is 166 g/mol. The van der Waals surface area contributed by atoms with Gasteiger partial charge in [-0.3, -0.25) is 4.79 Å². The van der Waals surface area contributed by atoms with Gasteiger partial charge in [0.2, 0.25) is 5.56 Å². The highest BCUT2D eigenvalue weighted by molar-refractivity contribution is 5.60. The lowest BCUT2D eigenvalue weighted by molar-refractivity contribution is 1.16. The molecule has 0 aliphatic carbocycles. The standard InChI is InChI=1S/C9H7N3O/c13-9-3-7(1-2-12-9)8-4-10-6-11-5-8/h1-6H,(H,12,13). The molecule has 64 valence electrons. The van der Waals surface area contributed by atoms with Gasteiger partial charge >= 0.3 is 0 Å². The van der Waals surface area contributed by atoms with Gasteiger partial charge in [0.25, 0.3) is 0 Å². The number of hydrogen-bond donors (Lipinski definition) is 1. The molecule has 2 heterocycles. The minimum Gasteiger partial charge on any atom is -0.329 e. The molecule has 4 heteroatoms. The summed E-state index contributed by atoms with van der Waals surface area (Å²) < 4.78 is 0. The van der Waals surface area contributed by atoms with Gasteiger partial charge in [-0.2, -0.15) is 0 Å². The molecule has 0 saturated carbocycles. The molecule has 0 radical (unpaired) electrons. The Morgan fingerprint density at radius 1 is 1.15 bits per heavy atom. The summed E-state index contributed by atoms with van der Waals surface area (Å²) in [5, 5.41) is 0. The highest BCUT2D eigenvalue weighted by atomic mass is 16.1.